The second kappa shape index (κ2) is 9.31. The lowest BCUT2D eigenvalue weighted by Crippen LogP contribution is -2.40. The first-order valence-corrected chi connectivity index (χ1v) is 13.2. The van der Waals surface area contributed by atoms with Crippen LogP contribution in [0.3, 0.4) is 0 Å². The van der Waals surface area contributed by atoms with Gasteiger partial charge in [0.25, 0.3) is 0 Å². The van der Waals surface area contributed by atoms with E-state index in [4.69, 9.17) is 9.26 Å². The molecule has 3 aromatic rings. The van der Waals surface area contributed by atoms with Crippen molar-refractivity contribution in [2.24, 2.45) is 0 Å². The molecule has 0 radical (unpaired) electrons. The standard InChI is InChI=1S/C21H24N4O6S2/c1-15-3-7-18(8-4-15)32(26,27)24-16(2)21-22-20(23-31-21)17-5-9-19(10-6-17)33(28,29)25-11-13-30-14-12-25/h3-10,16,24H,11-14H2,1-2H3/t16-/m0/s1. The average molecular weight is 493 g/mol. The van der Waals surface area contributed by atoms with Crippen LogP contribution in [0, 0.1) is 6.92 Å². The summed E-state index contributed by atoms with van der Waals surface area (Å²) in [5, 5.41) is 3.91. The number of aromatic nitrogens is 2. The monoisotopic (exact) mass is 492 g/mol. The van der Waals surface area contributed by atoms with Gasteiger partial charge in [-0.25, -0.2) is 16.8 Å². The third kappa shape index (κ3) is 5.14. The third-order valence-corrected chi connectivity index (χ3v) is 8.67. The molecule has 1 saturated heterocycles. The molecule has 0 saturated carbocycles. The van der Waals surface area contributed by atoms with Gasteiger partial charge in [0.2, 0.25) is 31.8 Å². The maximum atomic E-state index is 12.8. The van der Waals surface area contributed by atoms with Crippen LogP contribution in [0.5, 0.6) is 0 Å². The van der Waals surface area contributed by atoms with Gasteiger partial charge < -0.3 is 9.26 Å². The maximum Gasteiger partial charge on any atom is 0.244 e. The van der Waals surface area contributed by atoms with Gasteiger partial charge in [-0.05, 0) is 50.2 Å². The summed E-state index contributed by atoms with van der Waals surface area (Å²) in [4.78, 5) is 4.57. The highest BCUT2D eigenvalue weighted by atomic mass is 32.2. The first-order chi connectivity index (χ1) is 15.7. The largest absolute Gasteiger partial charge is 0.379 e. The Morgan fingerprint density at radius 1 is 0.939 bits per heavy atom. The zero-order chi connectivity index (χ0) is 23.6. The second-order valence-electron chi connectivity index (χ2n) is 7.65. The van der Waals surface area contributed by atoms with Crippen molar-refractivity contribution in [1.29, 1.82) is 0 Å². The van der Waals surface area contributed by atoms with Gasteiger partial charge in [-0.2, -0.15) is 14.0 Å². The van der Waals surface area contributed by atoms with Crippen LogP contribution in [0.4, 0.5) is 0 Å². The molecule has 1 atom stereocenters. The van der Waals surface area contributed by atoms with Crippen molar-refractivity contribution < 1.29 is 26.1 Å². The fourth-order valence-electron chi connectivity index (χ4n) is 3.31. The van der Waals surface area contributed by atoms with Crippen molar-refractivity contribution in [3.63, 3.8) is 0 Å². The number of nitrogens with zero attached hydrogens (tertiary/aromatic N) is 3. The molecule has 0 aliphatic carbocycles. The molecule has 10 nitrogen and oxygen atoms in total. The van der Waals surface area contributed by atoms with Crippen molar-refractivity contribution in [2.75, 3.05) is 26.3 Å². The molecule has 4 rings (SSSR count). The summed E-state index contributed by atoms with van der Waals surface area (Å²) in [7, 11) is -7.38. The summed E-state index contributed by atoms with van der Waals surface area (Å²) < 4.78 is 65.1. The Balaban J connectivity index is 1.48. The lowest BCUT2D eigenvalue weighted by molar-refractivity contribution is 0.0730. The molecule has 12 heteroatoms. The average Bonchev–Trinajstić information content (AvgIpc) is 3.30. The Bertz CT molecular complexity index is 1310. The van der Waals surface area contributed by atoms with Gasteiger partial charge in [-0.3, -0.25) is 0 Å². The van der Waals surface area contributed by atoms with E-state index in [1.54, 1.807) is 31.2 Å². The Labute approximate surface area is 192 Å². The minimum absolute atomic E-state index is 0.0886. The van der Waals surface area contributed by atoms with Gasteiger partial charge in [0, 0.05) is 18.7 Å². The molecule has 0 unspecified atom stereocenters. The van der Waals surface area contributed by atoms with Gasteiger partial charge in [0.1, 0.15) is 0 Å². The van der Waals surface area contributed by atoms with E-state index in [9.17, 15) is 16.8 Å². The quantitative estimate of drug-likeness (QED) is 0.530. The number of rotatable bonds is 7. The van der Waals surface area contributed by atoms with Gasteiger partial charge in [-0.15, -0.1) is 0 Å². The number of hydrogen-bond donors (Lipinski definition) is 1. The van der Waals surface area contributed by atoms with E-state index >= 15 is 0 Å². The minimum Gasteiger partial charge on any atom is -0.379 e. The Morgan fingerprint density at radius 2 is 1.55 bits per heavy atom. The van der Waals surface area contributed by atoms with Crippen molar-refractivity contribution in [1.82, 2.24) is 19.2 Å². The number of morpholine rings is 1. The molecule has 2 aromatic carbocycles. The van der Waals surface area contributed by atoms with Crippen LogP contribution in [0.25, 0.3) is 11.4 Å². The number of hydrogen-bond acceptors (Lipinski definition) is 8. The highest BCUT2D eigenvalue weighted by Crippen LogP contribution is 2.24. The van der Waals surface area contributed by atoms with Crippen molar-refractivity contribution >= 4 is 20.0 Å². The maximum absolute atomic E-state index is 12.8. The normalized spacial score (nSPS) is 16.5. The molecule has 0 amide bonds. The van der Waals surface area contributed by atoms with Crippen LogP contribution in [0.2, 0.25) is 0 Å². The molecule has 33 heavy (non-hydrogen) atoms. The summed E-state index contributed by atoms with van der Waals surface area (Å²) in [6, 6.07) is 11.9. The molecule has 2 heterocycles. The molecular weight excluding hydrogens is 468 g/mol. The molecule has 176 valence electrons. The number of nitrogens with one attached hydrogen (secondary N) is 1. The van der Waals surface area contributed by atoms with Crippen molar-refractivity contribution in [3.8, 4) is 11.4 Å². The number of sulfonamides is 2. The number of benzene rings is 2. The van der Waals surface area contributed by atoms with E-state index in [2.05, 4.69) is 14.9 Å². The van der Waals surface area contributed by atoms with E-state index in [1.807, 2.05) is 6.92 Å². The fourth-order valence-corrected chi connectivity index (χ4v) is 5.91. The predicted octanol–water partition coefficient (Wildman–Crippen LogP) is 2.11. The van der Waals surface area contributed by atoms with Gasteiger partial charge in [-0.1, -0.05) is 22.9 Å². The minimum atomic E-state index is -3.77. The molecule has 0 bridgehead atoms. The van der Waals surface area contributed by atoms with E-state index < -0.39 is 26.1 Å². The van der Waals surface area contributed by atoms with E-state index in [0.29, 0.717) is 31.9 Å². The molecule has 1 N–H and O–H groups in total. The highest BCUT2D eigenvalue weighted by Gasteiger charge is 2.27. The SMILES string of the molecule is Cc1ccc(S(=O)(=O)N[C@@H](C)c2nc(-c3ccc(S(=O)(=O)N4CCOCC4)cc3)no2)cc1. The molecule has 1 aliphatic heterocycles. The van der Waals surface area contributed by atoms with Crippen LogP contribution in [0.15, 0.2) is 62.8 Å². The molecule has 1 aliphatic rings. The summed E-state index contributed by atoms with van der Waals surface area (Å²) in [6.07, 6.45) is 0. The summed E-state index contributed by atoms with van der Waals surface area (Å²) >= 11 is 0. The van der Waals surface area contributed by atoms with Gasteiger partial charge in [0.05, 0.1) is 29.0 Å². The summed E-state index contributed by atoms with van der Waals surface area (Å²) in [5.41, 5.74) is 1.49. The number of ether oxygens (including phenoxy) is 1. The smallest absolute Gasteiger partial charge is 0.244 e. The van der Waals surface area contributed by atoms with Crippen molar-refractivity contribution in [3.05, 3.63) is 60.0 Å². The zero-order valence-electron chi connectivity index (χ0n) is 18.1. The number of aryl methyl sites for hydroxylation is 1. The second-order valence-corrected chi connectivity index (χ2v) is 11.3. The van der Waals surface area contributed by atoms with E-state index in [-0.39, 0.29) is 21.5 Å². The Morgan fingerprint density at radius 3 is 2.18 bits per heavy atom. The zero-order valence-corrected chi connectivity index (χ0v) is 19.8. The van der Waals surface area contributed by atoms with E-state index in [0.717, 1.165) is 5.56 Å². The lowest BCUT2D eigenvalue weighted by atomic mass is 10.2. The third-order valence-electron chi connectivity index (χ3n) is 5.20. The molecule has 1 fully saturated rings. The van der Waals surface area contributed by atoms with Crippen molar-refractivity contribution in [2.45, 2.75) is 29.7 Å². The first kappa shape index (κ1) is 23.5. The highest BCUT2D eigenvalue weighted by molar-refractivity contribution is 7.89. The van der Waals surface area contributed by atoms with Gasteiger partial charge in [0.15, 0.2) is 0 Å². The lowest BCUT2D eigenvalue weighted by Gasteiger charge is -2.26. The van der Waals surface area contributed by atoms with Crippen LogP contribution in [0.1, 0.15) is 24.4 Å². The summed E-state index contributed by atoms with van der Waals surface area (Å²) in [6.45, 7) is 4.84. The molecular formula is C21H24N4O6S2. The van der Waals surface area contributed by atoms with Crippen LogP contribution in [-0.4, -0.2) is 57.6 Å². The van der Waals surface area contributed by atoms with E-state index in [1.165, 1.54) is 28.6 Å². The topological polar surface area (TPSA) is 132 Å². The van der Waals surface area contributed by atoms with Crippen LogP contribution < -0.4 is 4.72 Å². The predicted molar refractivity (Wildman–Crippen MR) is 119 cm³/mol. The Hall–Kier alpha value is -2.64. The Kier molecular flexibility index (Phi) is 6.64. The summed E-state index contributed by atoms with van der Waals surface area (Å²) in [5.74, 6) is 0.312. The van der Waals surface area contributed by atoms with Crippen LogP contribution in [-0.2, 0) is 24.8 Å². The molecule has 1 aromatic heterocycles. The van der Waals surface area contributed by atoms with Gasteiger partial charge >= 0.3 is 0 Å². The van der Waals surface area contributed by atoms with Crippen LogP contribution >= 0.6 is 0 Å². The first-order valence-electron chi connectivity index (χ1n) is 10.3. The fraction of sp³-hybridized carbons (Fsp3) is 0.333. The molecule has 0 spiro atoms.